The molecule has 0 bridgehead atoms. The average Bonchev–Trinajstić information content (AvgIpc) is 2.53. The van der Waals surface area contributed by atoms with Gasteiger partial charge in [0, 0.05) is 10.9 Å². The van der Waals surface area contributed by atoms with E-state index in [9.17, 15) is 18.0 Å². The molecule has 1 amide bonds. The van der Waals surface area contributed by atoms with Crippen molar-refractivity contribution < 1.29 is 18.0 Å². The number of nitrogens with zero attached hydrogens (tertiary/aromatic N) is 1. The molecular formula is C17H11F3N2O. The highest BCUT2D eigenvalue weighted by Crippen LogP contribution is 2.31. The molecular weight excluding hydrogens is 305 g/mol. The van der Waals surface area contributed by atoms with E-state index in [0.717, 1.165) is 12.1 Å². The van der Waals surface area contributed by atoms with Crippen molar-refractivity contribution in [3.8, 4) is 11.3 Å². The molecule has 0 saturated heterocycles. The predicted molar refractivity (Wildman–Crippen MR) is 80.7 cm³/mol. The van der Waals surface area contributed by atoms with E-state index in [1.54, 1.807) is 24.3 Å². The summed E-state index contributed by atoms with van der Waals surface area (Å²) in [6.07, 6.45) is -4.40. The highest BCUT2D eigenvalue weighted by molar-refractivity contribution is 6.06. The SMILES string of the molecule is NC(=O)c1cc(-c2ccc(C(F)(F)F)cc2)nc2ccccc12. The van der Waals surface area contributed by atoms with Gasteiger partial charge in [0.1, 0.15) is 0 Å². The fraction of sp³-hybridized carbons (Fsp3) is 0.0588. The molecule has 3 nitrogen and oxygen atoms in total. The topological polar surface area (TPSA) is 56.0 Å². The lowest BCUT2D eigenvalue weighted by molar-refractivity contribution is -0.137. The fourth-order valence-electron chi connectivity index (χ4n) is 2.36. The Labute approximate surface area is 129 Å². The molecule has 0 fully saturated rings. The number of fused-ring (bicyclic) bond motifs is 1. The van der Waals surface area contributed by atoms with Gasteiger partial charge in [-0.2, -0.15) is 13.2 Å². The molecule has 2 aromatic carbocycles. The van der Waals surface area contributed by atoms with Gasteiger partial charge in [0.05, 0.1) is 22.3 Å². The fourth-order valence-corrected chi connectivity index (χ4v) is 2.36. The van der Waals surface area contributed by atoms with E-state index >= 15 is 0 Å². The first kappa shape index (κ1) is 15.0. The third-order valence-electron chi connectivity index (χ3n) is 3.49. The second kappa shape index (κ2) is 5.39. The van der Waals surface area contributed by atoms with Gasteiger partial charge >= 0.3 is 6.18 Å². The first-order chi connectivity index (χ1) is 10.9. The standard InChI is InChI=1S/C17H11F3N2O/c18-17(19,20)11-7-5-10(6-8-11)15-9-13(16(21)23)12-3-1-2-4-14(12)22-15/h1-9H,(H2,21,23). The van der Waals surface area contributed by atoms with Crippen LogP contribution in [0.15, 0.2) is 54.6 Å². The number of nitrogens with two attached hydrogens (primary N) is 1. The highest BCUT2D eigenvalue weighted by Gasteiger charge is 2.30. The van der Waals surface area contributed by atoms with Crippen molar-refractivity contribution in [2.45, 2.75) is 6.18 Å². The maximum Gasteiger partial charge on any atom is 0.416 e. The number of halogens is 3. The van der Waals surface area contributed by atoms with Gasteiger partial charge in [-0.3, -0.25) is 4.79 Å². The first-order valence-electron chi connectivity index (χ1n) is 6.73. The summed E-state index contributed by atoms with van der Waals surface area (Å²) < 4.78 is 37.9. The third kappa shape index (κ3) is 2.88. The van der Waals surface area contributed by atoms with Crippen LogP contribution in [0.1, 0.15) is 15.9 Å². The Morgan fingerprint density at radius 2 is 1.65 bits per heavy atom. The van der Waals surface area contributed by atoms with Gasteiger partial charge in [-0.1, -0.05) is 30.3 Å². The molecule has 1 aromatic heterocycles. The number of aromatic nitrogens is 1. The molecule has 0 aliphatic heterocycles. The van der Waals surface area contributed by atoms with Crippen LogP contribution < -0.4 is 5.73 Å². The lowest BCUT2D eigenvalue weighted by atomic mass is 10.0. The van der Waals surface area contributed by atoms with Gasteiger partial charge in [-0.25, -0.2) is 4.98 Å². The summed E-state index contributed by atoms with van der Waals surface area (Å²) in [5.74, 6) is -0.614. The van der Waals surface area contributed by atoms with Crippen molar-refractivity contribution in [1.29, 1.82) is 0 Å². The number of carbonyl (C=O) groups is 1. The smallest absolute Gasteiger partial charge is 0.366 e. The van der Waals surface area contributed by atoms with Crippen LogP contribution in [0.25, 0.3) is 22.2 Å². The molecule has 0 atom stereocenters. The summed E-state index contributed by atoms with van der Waals surface area (Å²) in [6.45, 7) is 0. The molecule has 1 heterocycles. The van der Waals surface area contributed by atoms with Crippen LogP contribution in [0.2, 0.25) is 0 Å². The van der Waals surface area contributed by atoms with Crippen LogP contribution in [0.5, 0.6) is 0 Å². The van der Waals surface area contributed by atoms with Crippen LogP contribution >= 0.6 is 0 Å². The number of alkyl halides is 3. The molecule has 0 radical (unpaired) electrons. The number of hydrogen-bond donors (Lipinski definition) is 1. The minimum Gasteiger partial charge on any atom is -0.366 e. The Bertz CT molecular complexity index is 886. The Hall–Kier alpha value is -2.89. The summed E-state index contributed by atoms with van der Waals surface area (Å²) in [4.78, 5) is 16.0. The molecule has 3 aromatic rings. The number of primary amides is 1. The van der Waals surface area contributed by atoms with E-state index in [1.165, 1.54) is 18.2 Å². The summed E-state index contributed by atoms with van der Waals surface area (Å²) in [7, 11) is 0. The van der Waals surface area contributed by atoms with Gasteiger partial charge in [-0.15, -0.1) is 0 Å². The Kier molecular flexibility index (Phi) is 3.52. The van der Waals surface area contributed by atoms with E-state index in [2.05, 4.69) is 4.98 Å². The molecule has 2 N–H and O–H groups in total. The largest absolute Gasteiger partial charge is 0.416 e. The Morgan fingerprint density at radius 3 is 2.26 bits per heavy atom. The molecule has 6 heteroatoms. The van der Waals surface area contributed by atoms with Crippen molar-refractivity contribution in [1.82, 2.24) is 4.98 Å². The van der Waals surface area contributed by atoms with Crippen LogP contribution in [-0.4, -0.2) is 10.9 Å². The van der Waals surface area contributed by atoms with E-state index in [4.69, 9.17) is 5.73 Å². The van der Waals surface area contributed by atoms with Crippen LogP contribution in [0.4, 0.5) is 13.2 Å². The minimum absolute atomic E-state index is 0.283. The zero-order valence-corrected chi connectivity index (χ0v) is 11.8. The monoisotopic (exact) mass is 316 g/mol. The number of hydrogen-bond acceptors (Lipinski definition) is 2. The minimum atomic E-state index is -4.40. The number of rotatable bonds is 2. The number of pyridine rings is 1. The molecule has 3 rings (SSSR count). The van der Waals surface area contributed by atoms with Gasteiger partial charge in [0.25, 0.3) is 0 Å². The van der Waals surface area contributed by atoms with E-state index in [1.807, 2.05) is 0 Å². The van der Waals surface area contributed by atoms with Gasteiger partial charge in [0.15, 0.2) is 0 Å². The molecule has 0 unspecified atom stereocenters. The quantitative estimate of drug-likeness (QED) is 0.776. The molecule has 0 saturated carbocycles. The van der Waals surface area contributed by atoms with Crippen LogP contribution in [-0.2, 0) is 6.18 Å². The number of benzene rings is 2. The first-order valence-corrected chi connectivity index (χ1v) is 6.73. The van der Waals surface area contributed by atoms with Crippen molar-refractivity contribution >= 4 is 16.8 Å². The van der Waals surface area contributed by atoms with Gasteiger partial charge < -0.3 is 5.73 Å². The van der Waals surface area contributed by atoms with Gasteiger partial charge in [0.2, 0.25) is 5.91 Å². The third-order valence-corrected chi connectivity index (χ3v) is 3.49. The van der Waals surface area contributed by atoms with E-state index < -0.39 is 17.6 Å². The lowest BCUT2D eigenvalue weighted by Crippen LogP contribution is -2.12. The van der Waals surface area contributed by atoms with Crippen LogP contribution in [0, 0.1) is 0 Å². The lowest BCUT2D eigenvalue weighted by Gasteiger charge is -2.09. The number of amides is 1. The van der Waals surface area contributed by atoms with Crippen LogP contribution in [0.3, 0.4) is 0 Å². The van der Waals surface area contributed by atoms with Crippen molar-refractivity contribution in [3.63, 3.8) is 0 Å². The zero-order valence-electron chi connectivity index (χ0n) is 11.8. The molecule has 116 valence electrons. The highest BCUT2D eigenvalue weighted by atomic mass is 19.4. The molecule has 0 aliphatic carbocycles. The summed E-state index contributed by atoms with van der Waals surface area (Å²) in [6, 6.07) is 13.1. The van der Waals surface area contributed by atoms with E-state index in [0.29, 0.717) is 22.2 Å². The van der Waals surface area contributed by atoms with Crippen molar-refractivity contribution in [2.75, 3.05) is 0 Å². The number of carbonyl (C=O) groups excluding carboxylic acids is 1. The summed E-state index contributed by atoms with van der Waals surface area (Å²) in [5.41, 5.74) is 6.36. The summed E-state index contributed by atoms with van der Waals surface area (Å²) >= 11 is 0. The molecule has 0 aliphatic rings. The maximum absolute atomic E-state index is 12.6. The van der Waals surface area contributed by atoms with Crippen molar-refractivity contribution in [3.05, 3.63) is 65.7 Å². The average molecular weight is 316 g/mol. The normalized spacial score (nSPS) is 11.6. The molecule has 23 heavy (non-hydrogen) atoms. The second-order valence-electron chi connectivity index (χ2n) is 5.01. The van der Waals surface area contributed by atoms with E-state index in [-0.39, 0.29) is 5.56 Å². The van der Waals surface area contributed by atoms with Crippen molar-refractivity contribution in [2.24, 2.45) is 5.73 Å². The predicted octanol–water partition coefficient (Wildman–Crippen LogP) is 4.02. The number of para-hydroxylation sites is 1. The Balaban J connectivity index is 2.15. The Morgan fingerprint density at radius 1 is 1.00 bits per heavy atom. The zero-order chi connectivity index (χ0) is 16.6. The van der Waals surface area contributed by atoms with Gasteiger partial charge in [-0.05, 0) is 24.3 Å². The second-order valence-corrected chi connectivity index (χ2v) is 5.01. The molecule has 0 spiro atoms. The summed E-state index contributed by atoms with van der Waals surface area (Å²) in [5, 5.41) is 0.607. The maximum atomic E-state index is 12.6.